The molecule has 5 rings (SSSR count). The van der Waals surface area contributed by atoms with Crippen LogP contribution in [0.4, 0.5) is 0 Å². The number of aromatic nitrogens is 4. The van der Waals surface area contributed by atoms with Crippen molar-refractivity contribution in [1.29, 1.82) is 0 Å². The van der Waals surface area contributed by atoms with Gasteiger partial charge in [-0.15, -0.1) is 10.2 Å². The van der Waals surface area contributed by atoms with Crippen LogP contribution in [0.3, 0.4) is 0 Å². The molecule has 1 aliphatic heterocycles. The Morgan fingerprint density at radius 2 is 1.73 bits per heavy atom. The van der Waals surface area contributed by atoms with Crippen LogP contribution in [-0.2, 0) is 5.75 Å². The second-order valence-corrected chi connectivity index (χ2v) is 9.15. The third kappa shape index (κ3) is 4.68. The average Bonchev–Trinajstić information content (AvgIpc) is 3.54. The number of aryl methyl sites for hydroxylation is 1. The van der Waals surface area contributed by atoms with Crippen molar-refractivity contribution in [2.24, 2.45) is 0 Å². The Morgan fingerprint density at radius 1 is 0.970 bits per heavy atom. The summed E-state index contributed by atoms with van der Waals surface area (Å²) in [5.74, 6) is 1.63. The molecule has 6 nitrogen and oxygen atoms in total. The lowest BCUT2D eigenvalue weighted by atomic mass is 10.1. The van der Waals surface area contributed by atoms with Crippen molar-refractivity contribution in [2.45, 2.75) is 30.7 Å². The van der Waals surface area contributed by atoms with Crippen molar-refractivity contribution in [1.82, 2.24) is 24.6 Å². The van der Waals surface area contributed by atoms with Gasteiger partial charge in [0.2, 0.25) is 0 Å². The Kier molecular flexibility index (Phi) is 6.21. The van der Waals surface area contributed by atoms with Crippen molar-refractivity contribution in [3.63, 3.8) is 0 Å². The quantitative estimate of drug-likeness (QED) is 0.376. The van der Waals surface area contributed by atoms with Gasteiger partial charge >= 0.3 is 0 Å². The zero-order valence-electron chi connectivity index (χ0n) is 18.5. The fourth-order valence-electron chi connectivity index (χ4n) is 3.97. The van der Waals surface area contributed by atoms with E-state index in [1.54, 1.807) is 24.2 Å². The molecule has 1 fully saturated rings. The number of carbonyl (C=O) groups is 1. The van der Waals surface area contributed by atoms with Gasteiger partial charge in [-0.1, -0.05) is 41.6 Å². The maximum atomic E-state index is 12.6. The minimum absolute atomic E-state index is 0.131. The molecule has 4 aromatic rings. The molecule has 0 aliphatic carbocycles. The topological polar surface area (TPSA) is 63.9 Å². The van der Waals surface area contributed by atoms with E-state index in [9.17, 15) is 4.79 Å². The summed E-state index contributed by atoms with van der Waals surface area (Å²) in [5, 5.41) is 9.79. The highest BCUT2D eigenvalue weighted by Gasteiger charge is 2.20. The van der Waals surface area contributed by atoms with Crippen molar-refractivity contribution in [3.8, 4) is 17.1 Å². The van der Waals surface area contributed by atoms with Crippen molar-refractivity contribution in [3.05, 3.63) is 89.7 Å². The first kappa shape index (κ1) is 21.4. The number of thioether (sulfide) groups is 1. The number of carbonyl (C=O) groups excluding carboxylic acids is 1. The summed E-state index contributed by atoms with van der Waals surface area (Å²) < 4.78 is 2.08. The van der Waals surface area contributed by atoms with Gasteiger partial charge in [0, 0.05) is 48.1 Å². The van der Waals surface area contributed by atoms with Gasteiger partial charge in [-0.2, -0.15) is 0 Å². The molecule has 33 heavy (non-hydrogen) atoms. The fourth-order valence-corrected chi connectivity index (χ4v) is 4.87. The van der Waals surface area contributed by atoms with Crippen LogP contribution in [0.25, 0.3) is 17.1 Å². The number of hydrogen-bond acceptors (Lipinski definition) is 5. The lowest BCUT2D eigenvalue weighted by Crippen LogP contribution is -2.27. The number of benzene rings is 2. The molecule has 1 amide bonds. The third-order valence-electron chi connectivity index (χ3n) is 5.81. The van der Waals surface area contributed by atoms with Crippen LogP contribution in [-0.4, -0.2) is 43.6 Å². The smallest absolute Gasteiger partial charge is 0.253 e. The summed E-state index contributed by atoms with van der Waals surface area (Å²) in [6, 6.07) is 20.2. The van der Waals surface area contributed by atoms with E-state index in [4.69, 9.17) is 0 Å². The zero-order valence-corrected chi connectivity index (χ0v) is 19.3. The van der Waals surface area contributed by atoms with E-state index in [0.717, 1.165) is 65.0 Å². The zero-order chi connectivity index (χ0) is 22.6. The molecule has 0 N–H and O–H groups in total. The minimum atomic E-state index is 0.131. The summed E-state index contributed by atoms with van der Waals surface area (Å²) >= 11 is 1.63. The Bertz CT molecular complexity index is 1230. The summed E-state index contributed by atoms with van der Waals surface area (Å²) in [6.45, 7) is 3.81. The van der Waals surface area contributed by atoms with E-state index in [-0.39, 0.29) is 5.91 Å². The van der Waals surface area contributed by atoms with Gasteiger partial charge in [-0.05, 0) is 61.7 Å². The molecule has 166 valence electrons. The molecule has 2 aromatic carbocycles. The highest BCUT2D eigenvalue weighted by Crippen LogP contribution is 2.29. The molecule has 0 atom stereocenters. The van der Waals surface area contributed by atoms with Crippen LogP contribution in [0.5, 0.6) is 0 Å². The number of likely N-dealkylation sites (tertiary alicyclic amines) is 1. The SMILES string of the molecule is Cc1ccc(-n2c(SCc3ccc(C(=O)N4CCCC4)cc3)nnc2-c2cccnc2)cc1. The number of pyridine rings is 1. The largest absolute Gasteiger partial charge is 0.339 e. The normalized spacial score (nSPS) is 13.4. The molecule has 2 aromatic heterocycles. The molecule has 0 radical (unpaired) electrons. The molecule has 0 spiro atoms. The van der Waals surface area contributed by atoms with E-state index in [2.05, 4.69) is 50.9 Å². The molecule has 0 unspecified atom stereocenters. The van der Waals surface area contributed by atoms with Gasteiger partial charge in [-0.25, -0.2) is 0 Å². The molecular formula is C26H25N5OS. The summed E-state index contributed by atoms with van der Waals surface area (Å²) in [7, 11) is 0. The second-order valence-electron chi connectivity index (χ2n) is 8.20. The Labute approximate surface area is 197 Å². The van der Waals surface area contributed by atoms with Gasteiger partial charge in [0.1, 0.15) is 0 Å². The van der Waals surface area contributed by atoms with Gasteiger partial charge in [0.25, 0.3) is 5.91 Å². The van der Waals surface area contributed by atoms with E-state index in [1.165, 1.54) is 5.56 Å². The Hall–Kier alpha value is -3.45. The van der Waals surface area contributed by atoms with Gasteiger partial charge < -0.3 is 4.90 Å². The predicted octanol–water partition coefficient (Wildman–Crippen LogP) is 5.17. The average molecular weight is 456 g/mol. The first-order chi connectivity index (χ1) is 16.2. The van der Waals surface area contributed by atoms with Crippen LogP contribution >= 0.6 is 11.8 Å². The number of rotatable bonds is 6. The van der Waals surface area contributed by atoms with E-state index < -0.39 is 0 Å². The fraction of sp³-hybridized carbons (Fsp3) is 0.231. The summed E-state index contributed by atoms with van der Waals surface area (Å²) in [6.07, 6.45) is 5.76. The van der Waals surface area contributed by atoms with Crippen LogP contribution in [0.15, 0.2) is 78.2 Å². The monoisotopic (exact) mass is 455 g/mol. The van der Waals surface area contributed by atoms with Crippen LogP contribution in [0, 0.1) is 6.92 Å². The van der Waals surface area contributed by atoms with Crippen molar-refractivity contribution < 1.29 is 4.79 Å². The molecule has 1 aliphatic rings. The molecule has 7 heteroatoms. The van der Waals surface area contributed by atoms with Crippen molar-refractivity contribution in [2.75, 3.05) is 13.1 Å². The van der Waals surface area contributed by atoms with E-state index >= 15 is 0 Å². The first-order valence-corrected chi connectivity index (χ1v) is 12.1. The van der Waals surface area contributed by atoms with Gasteiger partial charge in [0.15, 0.2) is 11.0 Å². The lowest BCUT2D eigenvalue weighted by Gasteiger charge is -2.15. The van der Waals surface area contributed by atoms with Crippen molar-refractivity contribution >= 4 is 17.7 Å². The summed E-state index contributed by atoms with van der Waals surface area (Å²) in [5.41, 5.74) is 5.03. The third-order valence-corrected chi connectivity index (χ3v) is 6.81. The van der Waals surface area contributed by atoms with E-state index in [1.807, 2.05) is 41.3 Å². The number of hydrogen-bond donors (Lipinski definition) is 0. The maximum absolute atomic E-state index is 12.6. The van der Waals surface area contributed by atoms with Gasteiger partial charge in [0.05, 0.1) is 0 Å². The predicted molar refractivity (Wildman–Crippen MR) is 130 cm³/mol. The lowest BCUT2D eigenvalue weighted by molar-refractivity contribution is 0.0793. The number of nitrogens with zero attached hydrogens (tertiary/aromatic N) is 5. The maximum Gasteiger partial charge on any atom is 0.253 e. The molecule has 0 bridgehead atoms. The van der Waals surface area contributed by atoms with Gasteiger partial charge in [-0.3, -0.25) is 14.3 Å². The molecular weight excluding hydrogens is 430 g/mol. The van der Waals surface area contributed by atoms with Crippen LogP contribution < -0.4 is 0 Å². The first-order valence-electron chi connectivity index (χ1n) is 11.1. The van der Waals surface area contributed by atoms with E-state index in [0.29, 0.717) is 0 Å². The molecule has 1 saturated heterocycles. The Morgan fingerprint density at radius 3 is 2.42 bits per heavy atom. The highest BCUT2D eigenvalue weighted by atomic mass is 32.2. The second kappa shape index (κ2) is 9.58. The van der Waals surface area contributed by atoms with Crippen LogP contribution in [0.2, 0.25) is 0 Å². The highest BCUT2D eigenvalue weighted by molar-refractivity contribution is 7.98. The minimum Gasteiger partial charge on any atom is -0.339 e. The molecule has 0 saturated carbocycles. The Balaban J connectivity index is 1.38. The standard InChI is InChI=1S/C26H25N5OS/c1-19-6-12-23(13-7-19)31-24(22-5-4-14-27-17-22)28-29-26(31)33-18-20-8-10-21(11-9-20)25(32)30-15-2-3-16-30/h4-14,17H,2-3,15-16,18H2,1H3. The summed E-state index contributed by atoms with van der Waals surface area (Å²) in [4.78, 5) is 18.8. The number of amides is 1. The van der Waals surface area contributed by atoms with Crippen LogP contribution in [0.1, 0.15) is 34.3 Å². The molecule has 3 heterocycles.